The largest absolute Gasteiger partial charge is 0.469 e. The Morgan fingerprint density at radius 2 is 2.38 bits per heavy atom. The highest BCUT2D eigenvalue weighted by molar-refractivity contribution is 5.69. The van der Waals surface area contributed by atoms with Gasteiger partial charge in [-0.05, 0) is 20.0 Å². The third-order valence-corrected chi connectivity index (χ3v) is 2.36. The molecule has 0 atom stereocenters. The topological polar surface area (TPSA) is 47.4 Å². The SMILES string of the molecule is COC(=O)CCCN(C)Cc1cnn(C)c1. The quantitative estimate of drug-likeness (QED) is 0.672. The van der Waals surface area contributed by atoms with E-state index in [4.69, 9.17) is 0 Å². The van der Waals surface area contributed by atoms with Gasteiger partial charge in [0.25, 0.3) is 0 Å². The maximum Gasteiger partial charge on any atom is 0.305 e. The molecule has 0 saturated carbocycles. The van der Waals surface area contributed by atoms with Crippen LogP contribution in [-0.2, 0) is 23.1 Å². The Kier molecular flexibility index (Phi) is 4.98. The number of aromatic nitrogens is 2. The molecule has 0 aliphatic rings. The summed E-state index contributed by atoms with van der Waals surface area (Å²) < 4.78 is 6.37. The molecule has 0 radical (unpaired) electrons. The molecule has 1 aromatic rings. The van der Waals surface area contributed by atoms with Crippen LogP contribution in [0.1, 0.15) is 18.4 Å². The van der Waals surface area contributed by atoms with Gasteiger partial charge in [-0.1, -0.05) is 0 Å². The zero-order valence-corrected chi connectivity index (χ0v) is 10.1. The van der Waals surface area contributed by atoms with E-state index in [0.717, 1.165) is 19.5 Å². The number of aryl methyl sites for hydroxylation is 1. The molecule has 5 heteroatoms. The first-order valence-electron chi connectivity index (χ1n) is 5.34. The minimum atomic E-state index is -0.144. The second-order valence-corrected chi connectivity index (χ2v) is 3.94. The summed E-state index contributed by atoms with van der Waals surface area (Å²) >= 11 is 0. The average molecular weight is 225 g/mol. The van der Waals surface area contributed by atoms with E-state index in [1.807, 2.05) is 26.5 Å². The lowest BCUT2D eigenvalue weighted by atomic mass is 10.2. The Labute approximate surface area is 96.0 Å². The molecule has 16 heavy (non-hydrogen) atoms. The average Bonchev–Trinajstić information content (AvgIpc) is 2.63. The zero-order chi connectivity index (χ0) is 12.0. The third kappa shape index (κ3) is 4.44. The van der Waals surface area contributed by atoms with Crippen molar-refractivity contribution >= 4 is 5.97 Å². The van der Waals surface area contributed by atoms with Crippen LogP contribution >= 0.6 is 0 Å². The fourth-order valence-electron chi connectivity index (χ4n) is 1.54. The van der Waals surface area contributed by atoms with Gasteiger partial charge < -0.3 is 9.64 Å². The summed E-state index contributed by atoms with van der Waals surface area (Å²) in [6.45, 7) is 1.74. The van der Waals surface area contributed by atoms with Crippen LogP contribution in [0.5, 0.6) is 0 Å². The summed E-state index contributed by atoms with van der Waals surface area (Å²) in [5.41, 5.74) is 1.18. The molecule has 0 fully saturated rings. The van der Waals surface area contributed by atoms with E-state index in [-0.39, 0.29) is 5.97 Å². The van der Waals surface area contributed by atoms with Crippen molar-refractivity contribution < 1.29 is 9.53 Å². The Morgan fingerprint density at radius 3 is 2.94 bits per heavy atom. The highest BCUT2D eigenvalue weighted by Gasteiger charge is 2.04. The van der Waals surface area contributed by atoms with Crippen molar-refractivity contribution in [3.63, 3.8) is 0 Å². The lowest BCUT2D eigenvalue weighted by molar-refractivity contribution is -0.140. The normalized spacial score (nSPS) is 10.8. The fourth-order valence-corrected chi connectivity index (χ4v) is 1.54. The molecular weight excluding hydrogens is 206 g/mol. The molecule has 0 unspecified atom stereocenters. The van der Waals surface area contributed by atoms with Gasteiger partial charge in [0, 0.05) is 31.8 Å². The first-order valence-corrected chi connectivity index (χ1v) is 5.34. The van der Waals surface area contributed by atoms with Crippen LogP contribution in [0.15, 0.2) is 12.4 Å². The number of ether oxygens (including phenoxy) is 1. The number of methoxy groups -OCH3 is 1. The Bertz CT molecular complexity index is 336. The maximum absolute atomic E-state index is 10.9. The van der Waals surface area contributed by atoms with Crippen LogP contribution < -0.4 is 0 Å². The molecule has 1 heterocycles. The molecule has 0 aromatic carbocycles. The van der Waals surface area contributed by atoms with Gasteiger partial charge >= 0.3 is 5.97 Å². The minimum Gasteiger partial charge on any atom is -0.469 e. The molecule has 0 aliphatic carbocycles. The summed E-state index contributed by atoms with van der Waals surface area (Å²) in [6, 6.07) is 0. The standard InChI is InChI=1S/C11H19N3O2/c1-13(6-4-5-11(15)16-3)8-10-7-12-14(2)9-10/h7,9H,4-6,8H2,1-3H3. The fraction of sp³-hybridized carbons (Fsp3) is 0.636. The number of hydrogen-bond donors (Lipinski definition) is 0. The van der Waals surface area contributed by atoms with Crippen molar-refractivity contribution in [2.24, 2.45) is 7.05 Å². The number of nitrogens with zero attached hydrogens (tertiary/aromatic N) is 3. The third-order valence-electron chi connectivity index (χ3n) is 2.36. The Morgan fingerprint density at radius 1 is 1.62 bits per heavy atom. The Balaban J connectivity index is 2.20. The van der Waals surface area contributed by atoms with E-state index in [1.54, 1.807) is 4.68 Å². The molecule has 0 aliphatic heterocycles. The zero-order valence-electron chi connectivity index (χ0n) is 10.1. The molecule has 0 amide bonds. The summed E-state index contributed by atoms with van der Waals surface area (Å²) in [6.07, 6.45) is 5.16. The molecule has 90 valence electrons. The smallest absolute Gasteiger partial charge is 0.305 e. The maximum atomic E-state index is 10.9. The molecule has 5 nitrogen and oxygen atoms in total. The summed E-state index contributed by atoms with van der Waals surface area (Å²) in [5, 5.41) is 4.11. The van der Waals surface area contributed by atoms with Crippen LogP contribution in [-0.4, -0.2) is 41.4 Å². The molecular formula is C11H19N3O2. The summed E-state index contributed by atoms with van der Waals surface area (Å²) in [5.74, 6) is -0.144. The minimum absolute atomic E-state index is 0.144. The van der Waals surface area contributed by atoms with Crippen molar-refractivity contribution in [2.75, 3.05) is 20.7 Å². The molecule has 0 bridgehead atoms. The number of hydrogen-bond acceptors (Lipinski definition) is 4. The number of carbonyl (C=O) groups excluding carboxylic acids is 1. The second-order valence-electron chi connectivity index (χ2n) is 3.94. The second kappa shape index (κ2) is 6.27. The lowest BCUT2D eigenvalue weighted by Crippen LogP contribution is -2.19. The van der Waals surface area contributed by atoms with Crippen LogP contribution in [0.4, 0.5) is 0 Å². The van der Waals surface area contributed by atoms with Crippen molar-refractivity contribution in [3.05, 3.63) is 18.0 Å². The van der Waals surface area contributed by atoms with E-state index in [0.29, 0.717) is 6.42 Å². The number of esters is 1. The van der Waals surface area contributed by atoms with E-state index in [1.165, 1.54) is 12.7 Å². The predicted molar refractivity (Wildman–Crippen MR) is 60.8 cm³/mol. The van der Waals surface area contributed by atoms with Gasteiger partial charge in [0.05, 0.1) is 13.3 Å². The lowest BCUT2D eigenvalue weighted by Gasteiger charge is -2.14. The molecule has 0 spiro atoms. The van der Waals surface area contributed by atoms with Crippen molar-refractivity contribution in [2.45, 2.75) is 19.4 Å². The monoisotopic (exact) mass is 225 g/mol. The van der Waals surface area contributed by atoms with Gasteiger partial charge in [0.1, 0.15) is 0 Å². The molecule has 0 N–H and O–H groups in total. The number of carbonyl (C=O) groups is 1. The molecule has 1 aromatic heterocycles. The van der Waals surface area contributed by atoms with Crippen LogP contribution in [0.25, 0.3) is 0 Å². The highest BCUT2D eigenvalue weighted by atomic mass is 16.5. The van der Waals surface area contributed by atoms with Crippen LogP contribution in [0, 0.1) is 0 Å². The van der Waals surface area contributed by atoms with Gasteiger partial charge in [-0.15, -0.1) is 0 Å². The molecule has 0 saturated heterocycles. The summed E-state index contributed by atoms with van der Waals surface area (Å²) in [4.78, 5) is 13.1. The van der Waals surface area contributed by atoms with Crippen molar-refractivity contribution in [1.29, 1.82) is 0 Å². The van der Waals surface area contributed by atoms with E-state index in [2.05, 4.69) is 14.7 Å². The van der Waals surface area contributed by atoms with Gasteiger partial charge in [0.2, 0.25) is 0 Å². The van der Waals surface area contributed by atoms with Gasteiger partial charge in [-0.2, -0.15) is 5.10 Å². The van der Waals surface area contributed by atoms with Crippen LogP contribution in [0.2, 0.25) is 0 Å². The highest BCUT2D eigenvalue weighted by Crippen LogP contribution is 2.02. The van der Waals surface area contributed by atoms with Crippen LogP contribution in [0.3, 0.4) is 0 Å². The van der Waals surface area contributed by atoms with Crippen molar-refractivity contribution in [1.82, 2.24) is 14.7 Å². The first kappa shape index (κ1) is 12.7. The predicted octanol–water partition coefficient (Wildman–Crippen LogP) is 0.805. The van der Waals surface area contributed by atoms with E-state index in [9.17, 15) is 4.79 Å². The van der Waals surface area contributed by atoms with Gasteiger partial charge in [-0.3, -0.25) is 9.48 Å². The van der Waals surface area contributed by atoms with Gasteiger partial charge in [-0.25, -0.2) is 0 Å². The van der Waals surface area contributed by atoms with Gasteiger partial charge in [0.15, 0.2) is 0 Å². The number of rotatable bonds is 6. The van der Waals surface area contributed by atoms with E-state index < -0.39 is 0 Å². The molecule has 1 rings (SSSR count). The first-order chi connectivity index (χ1) is 7.61. The van der Waals surface area contributed by atoms with Crippen molar-refractivity contribution in [3.8, 4) is 0 Å². The van der Waals surface area contributed by atoms with E-state index >= 15 is 0 Å². The summed E-state index contributed by atoms with van der Waals surface area (Å²) in [7, 11) is 5.35. The Hall–Kier alpha value is -1.36.